The van der Waals surface area contributed by atoms with Gasteiger partial charge in [-0.1, -0.05) is 28.1 Å². The van der Waals surface area contributed by atoms with Crippen molar-refractivity contribution in [2.24, 2.45) is 0 Å². The van der Waals surface area contributed by atoms with E-state index in [1.807, 2.05) is 0 Å². The Hall–Kier alpha value is -2.83. The maximum Gasteiger partial charge on any atom is 0.416 e. The summed E-state index contributed by atoms with van der Waals surface area (Å²) >= 11 is 3.07. The number of hydrogen-bond donors (Lipinski definition) is 0. The summed E-state index contributed by atoms with van der Waals surface area (Å²) in [5.41, 5.74) is -0.125. The molecule has 0 aliphatic carbocycles. The van der Waals surface area contributed by atoms with E-state index in [0.717, 1.165) is 50.4 Å². The molecule has 4 rings (SSSR count). The summed E-state index contributed by atoms with van der Waals surface area (Å²) in [4.78, 5) is 43.0. The molecule has 2 aromatic carbocycles. The van der Waals surface area contributed by atoms with Crippen LogP contribution in [0.1, 0.15) is 33.8 Å². The average Bonchev–Trinajstić information content (AvgIpc) is 2.90. The van der Waals surface area contributed by atoms with Gasteiger partial charge in [-0.15, -0.1) is 0 Å². The number of likely N-dealkylation sites (N-methyl/N-ethyl adjacent to an activating group) is 1. The molecule has 40 heavy (non-hydrogen) atoms. The Kier molecular flexibility index (Phi) is 9.63. The lowest BCUT2D eigenvalue weighted by atomic mass is 9.93. The van der Waals surface area contributed by atoms with Crippen molar-refractivity contribution in [3.8, 4) is 0 Å². The number of carbonyl (C=O) groups is 3. The molecule has 12 heteroatoms. The van der Waals surface area contributed by atoms with Gasteiger partial charge in [-0.2, -0.15) is 13.2 Å². The Morgan fingerprint density at radius 1 is 1.07 bits per heavy atom. The van der Waals surface area contributed by atoms with E-state index in [4.69, 9.17) is 0 Å². The zero-order chi connectivity index (χ0) is 29.0. The van der Waals surface area contributed by atoms with Gasteiger partial charge >= 0.3 is 6.18 Å². The third-order valence-electron chi connectivity index (χ3n) is 7.63. The maximum atomic E-state index is 13.6. The SMILES string of the molecule is CN(C[C@@H](CCN1CC(N2CCN(C(=O)C=O)CC2)C1)c1ccc(F)cc1)C(=O)c1cc(Br)cc(C(F)(F)F)c1. The van der Waals surface area contributed by atoms with E-state index in [0.29, 0.717) is 31.8 Å². The van der Waals surface area contributed by atoms with Gasteiger partial charge in [-0.25, -0.2) is 4.39 Å². The van der Waals surface area contributed by atoms with Crippen molar-refractivity contribution >= 4 is 34.0 Å². The molecule has 1 atom stereocenters. The van der Waals surface area contributed by atoms with Gasteiger partial charge in [0.25, 0.3) is 11.8 Å². The molecule has 216 valence electrons. The highest BCUT2D eigenvalue weighted by Gasteiger charge is 2.35. The predicted molar refractivity (Wildman–Crippen MR) is 144 cm³/mol. The topological polar surface area (TPSA) is 64.2 Å². The molecule has 7 nitrogen and oxygen atoms in total. The largest absolute Gasteiger partial charge is 0.416 e. The van der Waals surface area contributed by atoms with Crippen LogP contribution in [0.2, 0.25) is 0 Å². The van der Waals surface area contributed by atoms with Crippen LogP contribution in [0, 0.1) is 5.82 Å². The van der Waals surface area contributed by atoms with E-state index in [1.165, 1.54) is 23.1 Å². The Bertz CT molecular complexity index is 1210. The van der Waals surface area contributed by atoms with Crippen LogP contribution >= 0.6 is 15.9 Å². The lowest BCUT2D eigenvalue weighted by molar-refractivity contribution is -0.140. The smallest absolute Gasteiger partial charge is 0.341 e. The summed E-state index contributed by atoms with van der Waals surface area (Å²) in [6, 6.07) is 9.60. The minimum absolute atomic E-state index is 0.0671. The molecule has 2 heterocycles. The van der Waals surface area contributed by atoms with Crippen LogP contribution in [0.3, 0.4) is 0 Å². The fourth-order valence-electron chi connectivity index (χ4n) is 5.29. The Balaban J connectivity index is 1.36. The standard InChI is InChI=1S/C28H31BrF4N4O3/c1-34(27(40)21-12-22(28(31,32)33)14-23(29)13-21)15-20(19-2-4-24(30)5-3-19)6-7-35-16-25(17-35)36-8-10-37(11-9-36)26(39)18-38/h2-5,12-14,18,20,25H,6-11,15-17H2,1H3/t20-/m1/s1. The molecule has 2 amide bonds. The first kappa shape index (κ1) is 30.1. The molecule has 0 saturated carbocycles. The third kappa shape index (κ3) is 7.46. The Morgan fingerprint density at radius 2 is 1.73 bits per heavy atom. The number of nitrogens with zero attached hydrogens (tertiary/aromatic N) is 4. The number of aldehydes is 1. The van der Waals surface area contributed by atoms with E-state index in [9.17, 15) is 31.9 Å². The van der Waals surface area contributed by atoms with Crippen molar-refractivity contribution in [2.75, 3.05) is 59.4 Å². The molecule has 2 saturated heterocycles. The van der Waals surface area contributed by atoms with Crippen molar-refractivity contribution in [1.29, 1.82) is 0 Å². The molecule has 2 aliphatic rings. The monoisotopic (exact) mass is 626 g/mol. The number of likely N-dealkylation sites (tertiary alicyclic amines) is 1. The molecule has 2 aliphatic heterocycles. The molecular formula is C28H31BrF4N4O3. The number of rotatable bonds is 9. The van der Waals surface area contributed by atoms with Crippen LogP contribution in [-0.4, -0.2) is 103 Å². The molecule has 2 aromatic rings. The van der Waals surface area contributed by atoms with Crippen molar-refractivity contribution in [3.63, 3.8) is 0 Å². The number of amides is 2. The van der Waals surface area contributed by atoms with Crippen LogP contribution in [0.25, 0.3) is 0 Å². The van der Waals surface area contributed by atoms with Crippen molar-refractivity contribution in [2.45, 2.75) is 24.6 Å². The van der Waals surface area contributed by atoms with Crippen LogP contribution in [-0.2, 0) is 15.8 Å². The molecule has 0 radical (unpaired) electrons. The molecule has 0 unspecified atom stereocenters. The Morgan fingerprint density at radius 3 is 2.33 bits per heavy atom. The number of benzene rings is 2. The normalized spacial score (nSPS) is 17.8. The molecule has 0 aromatic heterocycles. The summed E-state index contributed by atoms with van der Waals surface area (Å²) in [7, 11) is 1.56. The zero-order valence-electron chi connectivity index (χ0n) is 22.0. The second-order valence-electron chi connectivity index (χ2n) is 10.3. The first-order valence-corrected chi connectivity index (χ1v) is 13.8. The first-order valence-electron chi connectivity index (χ1n) is 13.0. The van der Waals surface area contributed by atoms with Crippen LogP contribution in [0.5, 0.6) is 0 Å². The fraction of sp³-hybridized carbons (Fsp3) is 0.464. The van der Waals surface area contributed by atoms with Crippen LogP contribution in [0.15, 0.2) is 46.9 Å². The molecule has 0 spiro atoms. The maximum absolute atomic E-state index is 13.6. The van der Waals surface area contributed by atoms with Gasteiger partial charge in [0, 0.05) is 74.9 Å². The highest BCUT2D eigenvalue weighted by atomic mass is 79.9. The molecule has 0 N–H and O–H groups in total. The van der Waals surface area contributed by atoms with Gasteiger partial charge in [0.05, 0.1) is 5.56 Å². The number of hydrogen-bond acceptors (Lipinski definition) is 5. The summed E-state index contributed by atoms with van der Waals surface area (Å²) in [5.74, 6) is -1.54. The minimum Gasteiger partial charge on any atom is -0.341 e. The fourth-order valence-corrected chi connectivity index (χ4v) is 5.78. The lowest BCUT2D eigenvalue weighted by Gasteiger charge is -2.48. The zero-order valence-corrected chi connectivity index (χ0v) is 23.6. The van der Waals surface area contributed by atoms with Gasteiger partial charge in [0.15, 0.2) is 0 Å². The van der Waals surface area contributed by atoms with Gasteiger partial charge in [0.1, 0.15) is 5.82 Å². The Labute approximate surface area is 238 Å². The number of alkyl halides is 3. The highest BCUT2D eigenvalue weighted by Crippen LogP contribution is 2.32. The summed E-state index contributed by atoms with van der Waals surface area (Å²) < 4.78 is 53.6. The van der Waals surface area contributed by atoms with Crippen LogP contribution < -0.4 is 0 Å². The van der Waals surface area contributed by atoms with E-state index < -0.39 is 23.6 Å². The van der Waals surface area contributed by atoms with Gasteiger partial charge < -0.3 is 14.7 Å². The van der Waals surface area contributed by atoms with Gasteiger partial charge in [-0.05, 0) is 48.9 Å². The number of carbonyl (C=O) groups excluding carboxylic acids is 3. The van der Waals surface area contributed by atoms with E-state index in [1.54, 1.807) is 24.1 Å². The summed E-state index contributed by atoms with van der Waals surface area (Å²) in [6.07, 6.45) is -3.56. The minimum atomic E-state index is -4.58. The van der Waals surface area contributed by atoms with Crippen molar-refractivity contribution in [1.82, 2.24) is 19.6 Å². The first-order chi connectivity index (χ1) is 18.9. The van der Waals surface area contributed by atoms with E-state index in [2.05, 4.69) is 25.7 Å². The predicted octanol–water partition coefficient (Wildman–Crippen LogP) is 3.88. The van der Waals surface area contributed by atoms with Crippen LogP contribution in [0.4, 0.5) is 17.6 Å². The second kappa shape index (κ2) is 12.8. The van der Waals surface area contributed by atoms with Gasteiger partial charge in [0.2, 0.25) is 6.29 Å². The van der Waals surface area contributed by atoms with E-state index >= 15 is 0 Å². The average molecular weight is 627 g/mol. The second-order valence-corrected chi connectivity index (χ2v) is 11.3. The van der Waals surface area contributed by atoms with Crippen molar-refractivity contribution < 1.29 is 31.9 Å². The summed E-state index contributed by atoms with van der Waals surface area (Å²) in [5, 5.41) is 0. The quantitative estimate of drug-likeness (QED) is 0.240. The number of halogens is 5. The molecule has 0 bridgehead atoms. The van der Waals surface area contributed by atoms with Crippen molar-refractivity contribution in [3.05, 3.63) is 69.4 Å². The molecular weight excluding hydrogens is 596 g/mol. The highest BCUT2D eigenvalue weighted by molar-refractivity contribution is 9.10. The van der Waals surface area contributed by atoms with Gasteiger partial charge in [-0.3, -0.25) is 19.3 Å². The molecule has 2 fully saturated rings. The third-order valence-corrected chi connectivity index (χ3v) is 8.09. The van der Waals surface area contributed by atoms with E-state index in [-0.39, 0.29) is 28.3 Å². The lowest BCUT2D eigenvalue weighted by Crippen LogP contribution is -2.63. The number of piperazine rings is 1. The summed E-state index contributed by atoms with van der Waals surface area (Å²) in [6.45, 7) is 5.19.